The van der Waals surface area contributed by atoms with Crippen LogP contribution < -0.4 is 0 Å². The van der Waals surface area contributed by atoms with Gasteiger partial charge < -0.3 is 4.57 Å². The van der Waals surface area contributed by atoms with Crippen molar-refractivity contribution in [3.63, 3.8) is 0 Å². The molecule has 1 aromatic heterocycles. The molecule has 1 heterocycles. The predicted octanol–water partition coefficient (Wildman–Crippen LogP) is 4.74. The Kier molecular flexibility index (Phi) is 4.60. The fourth-order valence-electron chi connectivity index (χ4n) is 3.38. The van der Waals surface area contributed by atoms with Crippen LogP contribution in [-0.2, 0) is 4.79 Å². The zero-order chi connectivity index (χ0) is 16.5. The molecule has 3 heteroatoms. The topological polar surface area (TPSA) is 45.8 Å². The van der Waals surface area contributed by atoms with E-state index < -0.39 is 5.41 Å². The summed E-state index contributed by atoms with van der Waals surface area (Å²) in [5.41, 5.74) is 3.10. The van der Waals surface area contributed by atoms with Gasteiger partial charge in [-0.2, -0.15) is 5.26 Å². The Labute approximate surface area is 133 Å². The minimum atomic E-state index is -0.529. The first kappa shape index (κ1) is 16.5. The van der Waals surface area contributed by atoms with Crippen LogP contribution in [0.4, 0.5) is 0 Å². The van der Waals surface area contributed by atoms with Gasteiger partial charge in [-0.25, -0.2) is 0 Å². The molecule has 0 unspecified atom stereocenters. The van der Waals surface area contributed by atoms with Gasteiger partial charge in [-0.15, -0.1) is 0 Å². The number of carbonyl (C=O) groups is 1. The first-order valence-electron chi connectivity index (χ1n) is 8.10. The molecule has 0 bridgehead atoms. The average molecular weight is 298 g/mol. The van der Waals surface area contributed by atoms with Gasteiger partial charge in [-0.1, -0.05) is 33.6 Å². The Morgan fingerprint density at radius 1 is 1.32 bits per heavy atom. The van der Waals surface area contributed by atoms with E-state index in [0.29, 0.717) is 6.04 Å². The number of aryl methyl sites for hydroxylation is 1. The van der Waals surface area contributed by atoms with Crippen LogP contribution in [0.15, 0.2) is 11.6 Å². The van der Waals surface area contributed by atoms with Crippen molar-refractivity contribution in [1.29, 1.82) is 5.26 Å². The monoisotopic (exact) mass is 298 g/mol. The zero-order valence-electron chi connectivity index (χ0n) is 14.4. The van der Waals surface area contributed by atoms with Crippen LogP contribution in [0.2, 0.25) is 0 Å². The van der Waals surface area contributed by atoms with E-state index in [9.17, 15) is 10.1 Å². The molecule has 0 amide bonds. The van der Waals surface area contributed by atoms with Gasteiger partial charge in [0.05, 0.1) is 5.57 Å². The SMILES string of the molecule is Cc1cc(C=C(C#N)C(=O)C(C)(C)C)c(C)n1C1CCCC1. The highest BCUT2D eigenvalue weighted by Gasteiger charge is 2.26. The number of hydrogen-bond donors (Lipinski definition) is 0. The molecule has 22 heavy (non-hydrogen) atoms. The van der Waals surface area contributed by atoms with Gasteiger partial charge in [0.25, 0.3) is 0 Å². The summed E-state index contributed by atoms with van der Waals surface area (Å²) >= 11 is 0. The molecule has 0 atom stereocenters. The van der Waals surface area contributed by atoms with E-state index in [1.165, 1.54) is 37.1 Å². The molecular weight excluding hydrogens is 272 g/mol. The number of carbonyl (C=O) groups excluding carboxylic acids is 1. The summed E-state index contributed by atoms with van der Waals surface area (Å²) in [6.45, 7) is 9.75. The fraction of sp³-hybridized carbons (Fsp3) is 0.579. The van der Waals surface area contributed by atoms with E-state index in [2.05, 4.69) is 30.6 Å². The van der Waals surface area contributed by atoms with Gasteiger partial charge in [-0.05, 0) is 44.4 Å². The molecular formula is C19H26N2O. The van der Waals surface area contributed by atoms with Crippen molar-refractivity contribution in [2.24, 2.45) is 5.41 Å². The van der Waals surface area contributed by atoms with Crippen LogP contribution in [0.1, 0.15) is 69.4 Å². The van der Waals surface area contributed by atoms with Crippen molar-refractivity contribution in [2.45, 2.75) is 66.3 Å². The number of Topliss-reactive ketones (excluding diaryl/α,β-unsaturated/α-hetero) is 1. The van der Waals surface area contributed by atoms with Crippen LogP contribution >= 0.6 is 0 Å². The minimum Gasteiger partial charge on any atom is -0.346 e. The van der Waals surface area contributed by atoms with Crippen molar-refractivity contribution in [3.05, 3.63) is 28.6 Å². The molecule has 1 saturated carbocycles. The van der Waals surface area contributed by atoms with Gasteiger partial charge >= 0.3 is 0 Å². The summed E-state index contributed by atoms with van der Waals surface area (Å²) in [4.78, 5) is 12.4. The van der Waals surface area contributed by atoms with Crippen molar-refractivity contribution >= 4 is 11.9 Å². The molecule has 0 N–H and O–H groups in total. The summed E-state index contributed by atoms with van der Waals surface area (Å²) in [6, 6.07) is 4.76. The molecule has 0 saturated heterocycles. The van der Waals surface area contributed by atoms with Crippen LogP contribution in [0.3, 0.4) is 0 Å². The zero-order valence-corrected chi connectivity index (χ0v) is 14.4. The molecule has 0 aromatic carbocycles. The highest BCUT2D eigenvalue weighted by molar-refractivity contribution is 6.06. The van der Waals surface area contributed by atoms with Gasteiger partial charge in [0.2, 0.25) is 0 Å². The van der Waals surface area contributed by atoms with Crippen molar-refractivity contribution < 1.29 is 4.79 Å². The van der Waals surface area contributed by atoms with Gasteiger partial charge in [0.1, 0.15) is 6.07 Å². The Morgan fingerprint density at radius 3 is 2.41 bits per heavy atom. The highest BCUT2D eigenvalue weighted by Crippen LogP contribution is 2.34. The third-order valence-corrected chi connectivity index (χ3v) is 4.56. The predicted molar refractivity (Wildman–Crippen MR) is 89.5 cm³/mol. The molecule has 3 nitrogen and oxygen atoms in total. The Morgan fingerprint density at radius 2 is 1.91 bits per heavy atom. The number of nitriles is 1. The van der Waals surface area contributed by atoms with E-state index in [1.54, 1.807) is 6.08 Å². The lowest BCUT2D eigenvalue weighted by Crippen LogP contribution is -2.21. The number of allylic oxidation sites excluding steroid dienone is 1. The third-order valence-electron chi connectivity index (χ3n) is 4.56. The largest absolute Gasteiger partial charge is 0.346 e. The maximum absolute atomic E-state index is 12.4. The number of hydrogen-bond acceptors (Lipinski definition) is 2. The molecule has 118 valence electrons. The molecule has 0 spiro atoms. The molecule has 1 aliphatic carbocycles. The lowest BCUT2D eigenvalue weighted by molar-refractivity contribution is -0.121. The maximum Gasteiger partial charge on any atom is 0.178 e. The lowest BCUT2D eigenvalue weighted by atomic mass is 9.86. The van der Waals surface area contributed by atoms with E-state index >= 15 is 0 Å². The minimum absolute atomic E-state index is 0.0966. The Hall–Kier alpha value is -1.82. The summed E-state index contributed by atoms with van der Waals surface area (Å²) in [7, 11) is 0. The summed E-state index contributed by atoms with van der Waals surface area (Å²) < 4.78 is 2.38. The second-order valence-corrected chi connectivity index (χ2v) is 7.38. The standard InChI is InChI=1S/C19H26N2O/c1-13-10-15(11-16(12-20)18(22)19(3,4)5)14(2)21(13)17-8-6-7-9-17/h10-11,17H,6-9H2,1-5H3. The second kappa shape index (κ2) is 6.12. The van der Waals surface area contributed by atoms with E-state index in [-0.39, 0.29) is 11.4 Å². The summed E-state index contributed by atoms with van der Waals surface area (Å²) in [6.07, 6.45) is 6.80. The van der Waals surface area contributed by atoms with Crippen LogP contribution in [-0.4, -0.2) is 10.4 Å². The third kappa shape index (κ3) is 3.16. The first-order valence-corrected chi connectivity index (χ1v) is 8.10. The normalized spacial score (nSPS) is 16.8. The van der Waals surface area contributed by atoms with Gasteiger partial charge in [0.15, 0.2) is 5.78 Å². The maximum atomic E-state index is 12.4. The smallest absolute Gasteiger partial charge is 0.178 e. The first-order chi connectivity index (χ1) is 10.3. The van der Waals surface area contributed by atoms with Crippen LogP contribution in [0, 0.1) is 30.6 Å². The van der Waals surface area contributed by atoms with E-state index in [0.717, 1.165) is 5.56 Å². The molecule has 0 aliphatic heterocycles. The van der Waals surface area contributed by atoms with Crippen molar-refractivity contribution in [3.8, 4) is 6.07 Å². The lowest BCUT2D eigenvalue weighted by Gasteiger charge is -2.17. The van der Waals surface area contributed by atoms with Crippen molar-refractivity contribution in [2.75, 3.05) is 0 Å². The fourth-order valence-corrected chi connectivity index (χ4v) is 3.38. The average Bonchev–Trinajstić information content (AvgIpc) is 3.03. The van der Waals surface area contributed by atoms with E-state index in [4.69, 9.17) is 0 Å². The van der Waals surface area contributed by atoms with Crippen LogP contribution in [0.5, 0.6) is 0 Å². The summed E-state index contributed by atoms with van der Waals surface area (Å²) in [5.74, 6) is -0.0966. The summed E-state index contributed by atoms with van der Waals surface area (Å²) in [5, 5.41) is 9.35. The number of nitrogens with zero attached hydrogens (tertiary/aromatic N) is 2. The van der Waals surface area contributed by atoms with E-state index in [1.807, 2.05) is 20.8 Å². The highest BCUT2D eigenvalue weighted by atomic mass is 16.1. The quantitative estimate of drug-likeness (QED) is 0.597. The van der Waals surface area contributed by atoms with Crippen molar-refractivity contribution in [1.82, 2.24) is 4.57 Å². The number of ketones is 1. The Balaban J connectivity index is 2.41. The molecule has 1 aliphatic rings. The molecule has 1 fully saturated rings. The van der Waals surface area contributed by atoms with Crippen LogP contribution in [0.25, 0.3) is 6.08 Å². The molecule has 1 aromatic rings. The molecule has 2 rings (SSSR count). The van der Waals surface area contributed by atoms with Gasteiger partial charge in [0, 0.05) is 22.8 Å². The number of aromatic nitrogens is 1. The Bertz CT molecular complexity index is 644. The number of rotatable bonds is 3. The second-order valence-electron chi connectivity index (χ2n) is 7.38. The molecule has 0 radical (unpaired) electrons. The van der Waals surface area contributed by atoms with Gasteiger partial charge in [-0.3, -0.25) is 4.79 Å².